The number of nitrogens with zero attached hydrogens (tertiary/aromatic N) is 2. The summed E-state index contributed by atoms with van der Waals surface area (Å²) in [5.41, 5.74) is 1.85. The molecule has 0 saturated heterocycles. The maximum absolute atomic E-state index is 9.59. The second-order valence-electron chi connectivity index (χ2n) is 3.08. The van der Waals surface area contributed by atoms with Crippen LogP contribution in [0.1, 0.15) is 25.0 Å². The minimum atomic E-state index is -0.369. The van der Waals surface area contributed by atoms with Gasteiger partial charge < -0.3 is 9.51 Å². The van der Waals surface area contributed by atoms with Crippen molar-refractivity contribution in [2.45, 2.75) is 19.4 Å². The first-order valence-electron chi connectivity index (χ1n) is 4.42. The Kier molecular flexibility index (Phi) is 2.02. The van der Waals surface area contributed by atoms with Gasteiger partial charge in [-0.05, 0) is 18.1 Å². The Morgan fingerprint density at radius 2 is 2.38 bits per heavy atom. The zero-order chi connectivity index (χ0) is 9.26. The quantitative estimate of drug-likeness (QED) is 0.757. The second kappa shape index (κ2) is 3.18. The number of aliphatic hydroxyl groups is 1. The van der Waals surface area contributed by atoms with Crippen molar-refractivity contribution in [2.24, 2.45) is 0 Å². The van der Waals surface area contributed by atoms with Gasteiger partial charge in [0.1, 0.15) is 5.65 Å². The molecule has 3 heteroatoms. The van der Waals surface area contributed by atoms with E-state index in [1.165, 1.54) is 0 Å². The van der Waals surface area contributed by atoms with E-state index >= 15 is 0 Å². The van der Waals surface area contributed by atoms with E-state index in [1.807, 2.05) is 35.9 Å². The van der Waals surface area contributed by atoms with Gasteiger partial charge in [0.25, 0.3) is 0 Å². The topological polar surface area (TPSA) is 37.5 Å². The van der Waals surface area contributed by atoms with Crippen LogP contribution in [0.15, 0.2) is 30.7 Å². The number of aliphatic hydroxyl groups excluding tert-OH is 1. The Labute approximate surface area is 76.7 Å². The second-order valence-corrected chi connectivity index (χ2v) is 3.08. The van der Waals surface area contributed by atoms with Crippen LogP contribution in [0, 0.1) is 0 Å². The third-order valence-electron chi connectivity index (χ3n) is 2.18. The predicted molar refractivity (Wildman–Crippen MR) is 50.4 cm³/mol. The van der Waals surface area contributed by atoms with Gasteiger partial charge in [0.15, 0.2) is 0 Å². The van der Waals surface area contributed by atoms with Gasteiger partial charge in [0.05, 0.1) is 6.10 Å². The monoisotopic (exact) mass is 176 g/mol. The van der Waals surface area contributed by atoms with Gasteiger partial charge in [0, 0.05) is 18.6 Å². The number of hydrogen-bond donors (Lipinski definition) is 1. The highest BCUT2D eigenvalue weighted by molar-refractivity contribution is 5.39. The number of rotatable bonds is 2. The van der Waals surface area contributed by atoms with Crippen LogP contribution in [-0.2, 0) is 0 Å². The molecule has 3 nitrogen and oxygen atoms in total. The van der Waals surface area contributed by atoms with Gasteiger partial charge in [-0.1, -0.05) is 13.0 Å². The van der Waals surface area contributed by atoms with Crippen LogP contribution >= 0.6 is 0 Å². The maximum atomic E-state index is 9.59. The first-order valence-corrected chi connectivity index (χ1v) is 4.42. The van der Waals surface area contributed by atoms with Gasteiger partial charge in [0.2, 0.25) is 0 Å². The van der Waals surface area contributed by atoms with Crippen molar-refractivity contribution >= 4 is 5.65 Å². The molecule has 0 radical (unpaired) electrons. The van der Waals surface area contributed by atoms with Crippen molar-refractivity contribution in [1.29, 1.82) is 0 Å². The van der Waals surface area contributed by atoms with Crippen molar-refractivity contribution in [3.63, 3.8) is 0 Å². The molecule has 2 aromatic heterocycles. The summed E-state index contributed by atoms with van der Waals surface area (Å²) in [7, 11) is 0. The lowest BCUT2D eigenvalue weighted by atomic mass is 10.1. The Hall–Kier alpha value is -1.35. The third kappa shape index (κ3) is 1.42. The Morgan fingerprint density at radius 1 is 1.54 bits per heavy atom. The molecule has 0 aliphatic carbocycles. The lowest BCUT2D eigenvalue weighted by molar-refractivity contribution is 0.173. The zero-order valence-corrected chi connectivity index (χ0v) is 7.51. The first-order chi connectivity index (χ1) is 6.31. The average Bonchev–Trinajstić information content (AvgIpc) is 2.63. The number of fused-ring (bicyclic) bond motifs is 1. The molecule has 2 heterocycles. The predicted octanol–water partition coefficient (Wildman–Crippen LogP) is 1.78. The van der Waals surface area contributed by atoms with E-state index in [0.717, 1.165) is 17.6 Å². The Morgan fingerprint density at radius 3 is 3.15 bits per heavy atom. The van der Waals surface area contributed by atoms with Crippen molar-refractivity contribution in [3.8, 4) is 0 Å². The Bertz CT molecular complexity index is 408. The van der Waals surface area contributed by atoms with Gasteiger partial charge in [-0.2, -0.15) is 0 Å². The van der Waals surface area contributed by atoms with Gasteiger partial charge in [-0.3, -0.25) is 0 Å². The zero-order valence-electron chi connectivity index (χ0n) is 7.51. The molecule has 2 rings (SSSR count). The normalized spacial score (nSPS) is 13.4. The lowest BCUT2D eigenvalue weighted by Gasteiger charge is -2.07. The maximum Gasteiger partial charge on any atom is 0.136 e. The molecule has 1 N–H and O–H groups in total. The molecule has 0 unspecified atom stereocenters. The van der Waals surface area contributed by atoms with Crippen molar-refractivity contribution in [3.05, 3.63) is 36.3 Å². The van der Waals surface area contributed by atoms with Gasteiger partial charge >= 0.3 is 0 Å². The number of hydrogen-bond acceptors (Lipinski definition) is 2. The van der Waals surface area contributed by atoms with Crippen LogP contribution < -0.4 is 0 Å². The molecule has 0 bridgehead atoms. The highest BCUT2D eigenvalue weighted by Crippen LogP contribution is 2.16. The van der Waals surface area contributed by atoms with Crippen LogP contribution in [0.5, 0.6) is 0 Å². The van der Waals surface area contributed by atoms with Crippen LogP contribution in [0.4, 0.5) is 0 Å². The van der Waals surface area contributed by atoms with Crippen LogP contribution in [0.2, 0.25) is 0 Å². The molecular weight excluding hydrogens is 164 g/mol. The molecule has 13 heavy (non-hydrogen) atoms. The summed E-state index contributed by atoms with van der Waals surface area (Å²) >= 11 is 0. The Balaban J connectivity index is 2.48. The summed E-state index contributed by atoms with van der Waals surface area (Å²) < 4.78 is 1.91. The molecule has 0 aliphatic heterocycles. The minimum Gasteiger partial charge on any atom is -0.388 e. The van der Waals surface area contributed by atoms with E-state index in [9.17, 15) is 5.11 Å². The van der Waals surface area contributed by atoms with E-state index in [1.54, 1.807) is 6.20 Å². The fourth-order valence-corrected chi connectivity index (χ4v) is 1.37. The standard InChI is InChI=1S/C10H12N2O/c1-2-9(13)8-3-4-10-11-5-6-12(10)7-8/h3-7,9,13H,2H2,1H3/t9-/m1/s1. The van der Waals surface area contributed by atoms with Crippen LogP contribution in [-0.4, -0.2) is 14.5 Å². The van der Waals surface area contributed by atoms with Gasteiger partial charge in [-0.25, -0.2) is 4.98 Å². The van der Waals surface area contributed by atoms with Gasteiger partial charge in [-0.15, -0.1) is 0 Å². The number of imidazole rings is 1. The lowest BCUT2D eigenvalue weighted by Crippen LogP contribution is -1.97. The molecule has 0 fully saturated rings. The summed E-state index contributed by atoms with van der Waals surface area (Å²) in [6, 6.07) is 3.82. The summed E-state index contributed by atoms with van der Waals surface area (Å²) in [5.74, 6) is 0. The van der Waals surface area contributed by atoms with Crippen LogP contribution in [0.25, 0.3) is 5.65 Å². The van der Waals surface area contributed by atoms with Crippen molar-refractivity contribution in [2.75, 3.05) is 0 Å². The molecule has 0 spiro atoms. The fourth-order valence-electron chi connectivity index (χ4n) is 1.37. The molecular formula is C10H12N2O. The smallest absolute Gasteiger partial charge is 0.136 e. The number of pyridine rings is 1. The highest BCUT2D eigenvalue weighted by Gasteiger charge is 2.04. The molecule has 2 aromatic rings. The summed E-state index contributed by atoms with van der Waals surface area (Å²) in [6.07, 6.45) is 5.90. The summed E-state index contributed by atoms with van der Waals surface area (Å²) in [5, 5.41) is 9.59. The number of aromatic nitrogens is 2. The summed E-state index contributed by atoms with van der Waals surface area (Å²) in [4.78, 5) is 4.13. The van der Waals surface area contributed by atoms with Crippen molar-refractivity contribution < 1.29 is 5.11 Å². The average molecular weight is 176 g/mol. The summed E-state index contributed by atoms with van der Waals surface area (Å²) in [6.45, 7) is 1.96. The molecule has 0 amide bonds. The first kappa shape index (κ1) is 8.26. The molecule has 0 aromatic carbocycles. The molecule has 0 aliphatic rings. The van der Waals surface area contributed by atoms with E-state index in [0.29, 0.717) is 0 Å². The van der Waals surface area contributed by atoms with Crippen molar-refractivity contribution in [1.82, 2.24) is 9.38 Å². The van der Waals surface area contributed by atoms with Crippen LogP contribution in [0.3, 0.4) is 0 Å². The molecule has 0 saturated carbocycles. The largest absolute Gasteiger partial charge is 0.388 e. The molecule has 68 valence electrons. The SMILES string of the molecule is CC[C@@H](O)c1ccc2nccn2c1. The minimum absolute atomic E-state index is 0.369. The van der Waals surface area contributed by atoms with E-state index in [4.69, 9.17) is 0 Å². The van der Waals surface area contributed by atoms with E-state index < -0.39 is 0 Å². The molecule has 1 atom stereocenters. The highest BCUT2D eigenvalue weighted by atomic mass is 16.3. The van der Waals surface area contributed by atoms with E-state index in [-0.39, 0.29) is 6.10 Å². The fraction of sp³-hybridized carbons (Fsp3) is 0.300. The van der Waals surface area contributed by atoms with E-state index in [2.05, 4.69) is 4.98 Å². The third-order valence-corrected chi connectivity index (χ3v) is 2.18.